The third kappa shape index (κ3) is 6.31. The van der Waals surface area contributed by atoms with Crippen molar-refractivity contribution < 1.29 is 35.8 Å². The fourth-order valence-corrected chi connectivity index (χ4v) is 2.00. The lowest BCUT2D eigenvalue weighted by Crippen LogP contribution is -2.17. The van der Waals surface area contributed by atoms with Crippen LogP contribution in [0.3, 0.4) is 0 Å². The Balaban J connectivity index is 2.25. The number of aliphatic hydroxyl groups excluding tert-OH is 1. The average molecular weight is 357 g/mol. The summed E-state index contributed by atoms with van der Waals surface area (Å²) in [5.74, 6) is -0.979. The van der Waals surface area contributed by atoms with Crippen molar-refractivity contribution in [3.8, 4) is 17.2 Å². The number of hydrogen-bond acceptors (Lipinski definition) is 4. The molecule has 0 aliphatic rings. The molecule has 0 fully saturated rings. The number of benzene rings is 2. The van der Waals surface area contributed by atoms with Crippen molar-refractivity contribution in [3.05, 3.63) is 53.6 Å². The van der Waals surface area contributed by atoms with E-state index in [1.54, 1.807) is 25.1 Å². The third-order valence-corrected chi connectivity index (χ3v) is 3.24. The summed E-state index contributed by atoms with van der Waals surface area (Å²) in [5, 5.41) is 10.4. The van der Waals surface area contributed by atoms with Crippen molar-refractivity contribution >= 4 is 0 Å². The molecule has 0 radical (unpaired) electrons. The Kier molecular flexibility index (Phi) is 3.36. The predicted octanol–water partition coefficient (Wildman–Crippen LogP) is 4.16. The van der Waals surface area contributed by atoms with Crippen LogP contribution in [-0.2, 0) is 6.37 Å². The molecule has 1 N–H and O–H groups in total. The van der Waals surface area contributed by atoms with Crippen molar-refractivity contribution in [2.75, 3.05) is 20.6 Å². The summed E-state index contributed by atoms with van der Waals surface area (Å²) >= 11 is 0. The molecular weight excluding hydrogens is 316 g/mol. The van der Waals surface area contributed by atoms with Crippen molar-refractivity contribution in [3.63, 3.8) is 0 Å². The van der Waals surface area contributed by atoms with Gasteiger partial charge in [0.15, 0.2) is 11.5 Å². The van der Waals surface area contributed by atoms with E-state index in [0.717, 1.165) is 23.8 Å². The van der Waals surface area contributed by atoms with E-state index in [0.29, 0.717) is 0 Å². The molecule has 0 saturated carbocycles. The van der Waals surface area contributed by atoms with Gasteiger partial charge in [0, 0.05) is 5.48 Å². The van der Waals surface area contributed by atoms with Crippen LogP contribution < -0.4 is 14.2 Å². The minimum Gasteiger partial charge on any atom is -0.493 e. The van der Waals surface area contributed by atoms with Gasteiger partial charge in [0.1, 0.15) is 12.3 Å². The highest BCUT2D eigenvalue weighted by Gasteiger charge is 2.07. The zero-order chi connectivity index (χ0) is 28.4. The maximum atomic E-state index is 10.4. The molecule has 4 nitrogen and oxygen atoms in total. The lowest BCUT2D eigenvalue weighted by atomic mass is 10.0. The first-order valence-electron chi connectivity index (χ1n) is 13.6. The van der Waals surface area contributed by atoms with Gasteiger partial charge < -0.3 is 19.3 Å². The molecule has 136 valence electrons. The molecule has 25 heavy (non-hydrogen) atoms. The van der Waals surface area contributed by atoms with Crippen LogP contribution in [0.1, 0.15) is 46.8 Å². The van der Waals surface area contributed by atoms with Gasteiger partial charge in [-0.15, -0.1) is 0 Å². The molecule has 0 spiro atoms. The highest BCUT2D eigenvalue weighted by molar-refractivity contribution is 5.42. The summed E-state index contributed by atoms with van der Waals surface area (Å²) in [6.45, 7) is -0.836. The van der Waals surface area contributed by atoms with Crippen LogP contribution in [0.25, 0.3) is 0 Å². The van der Waals surface area contributed by atoms with Crippen LogP contribution >= 0.6 is 0 Å². The standard InChI is InChI=1S/C21H28O4/c1-16-7-6-10-19(13-16)25-15-18(22)9-5-4-8-17-11-12-20(23-2)21(14-17)24-3/h6-7,10-14,18,22H,4-5,8-9,15H2,1-3H3/i2D3,3D3,4D2,8D2,15D2. The highest BCUT2D eigenvalue weighted by Crippen LogP contribution is 2.28. The quantitative estimate of drug-likeness (QED) is 0.694. The van der Waals surface area contributed by atoms with E-state index >= 15 is 0 Å². The van der Waals surface area contributed by atoms with E-state index in [-0.39, 0.29) is 11.3 Å². The monoisotopic (exact) mass is 356 g/mol. The molecule has 0 bridgehead atoms. The zero-order valence-corrected chi connectivity index (χ0v) is 13.7. The second kappa shape index (κ2) is 9.94. The molecule has 0 aliphatic carbocycles. The topological polar surface area (TPSA) is 47.9 Å². The first-order valence-corrected chi connectivity index (χ1v) is 7.59. The molecule has 0 aliphatic heterocycles. The van der Waals surface area contributed by atoms with Crippen LogP contribution in [-0.4, -0.2) is 31.8 Å². The summed E-state index contributed by atoms with van der Waals surface area (Å²) < 4.78 is 108. The minimum atomic E-state index is -3.04. The number of rotatable bonds is 10. The molecule has 0 aromatic heterocycles. The largest absolute Gasteiger partial charge is 0.493 e. The zero-order valence-electron chi connectivity index (χ0n) is 25.7. The first kappa shape index (κ1) is 8.45. The molecule has 0 amide bonds. The second-order valence-corrected chi connectivity index (χ2v) is 5.26. The van der Waals surface area contributed by atoms with E-state index in [1.165, 1.54) is 6.07 Å². The third-order valence-electron chi connectivity index (χ3n) is 3.24. The van der Waals surface area contributed by atoms with Crippen molar-refractivity contribution in [1.29, 1.82) is 0 Å². The van der Waals surface area contributed by atoms with E-state index in [1.807, 2.05) is 0 Å². The summed E-state index contributed by atoms with van der Waals surface area (Å²) in [7, 11) is -6.00. The normalized spacial score (nSPS) is 21.7. The average Bonchev–Trinajstić information content (AvgIpc) is 2.70. The Morgan fingerprint density at radius 1 is 1.12 bits per heavy atom. The van der Waals surface area contributed by atoms with Crippen LogP contribution in [0, 0.1) is 6.92 Å². The Hall–Kier alpha value is -2.20. The number of aliphatic hydroxyl groups is 1. The van der Waals surface area contributed by atoms with Gasteiger partial charge in [0.05, 0.1) is 31.1 Å². The summed E-state index contributed by atoms with van der Waals surface area (Å²) in [5.41, 5.74) is 0.410. The number of methoxy groups -OCH3 is 2. The number of hydrogen-bond donors (Lipinski definition) is 1. The Labute approximate surface area is 167 Å². The lowest BCUT2D eigenvalue weighted by molar-refractivity contribution is 0.0976. The van der Waals surface area contributed by atoms with Gasteiger partial charge in [-0.1, -0.05) is 24.6 Å². The maximum absolute atomic E-state index is 10.4. The second-order valence-electron chi connectivity index (χ2n) is 5.26. The van der Waals surface area contributed by atoms with Crippen LogP contribution in [0.5, 0.6) is 17.2 Å². The van der Waals surface area contributed by atoms with E-state index in [4.69, 9.17) is 30.7 Å². The van der Waals surface area contributed by atoms with Crippen LogP contribution in [0.4, 0.5) is 0 Å². The van der Waals surface area contributed by atoms with Crippen molar-refractivity contribution in [1.82, 2.24) is 0 Å². The summed E-state index contributed by atoms with van der Waals surface area (Å²) in [6, 6.07) is 9.28. The molecule has 2 aromatic carbocycles. The van der Waals surface area contributed by atoms with Crippen LogP contribution in [0.15, 0.2) is 42.5 Å². The molecule has 0 heterocycles. The van der Waals surface area contributed by atoms with Gasteiger partial charge in [0.25, 0.3) is 0 Å². The summed E-state index contributed by atoms with van der Waals surface area (Å²) in [6.07, 6.45) is -8.49. The fraction of sp³-hybridized carbons (Fsp3) is 0.429. The fourth-order valence-electron chi connectivity index (χ4n) is 2.00. The highest BCUT2D eigenvalue weighted by atomic mass is 16.5. The Morgan fingerprint density at radius 2 is 1.96 bits per heavy atom. The van der Waals surface area contributed by atoms with E-state index in [9.17, 15) is 5.11 Å². The maximum Gasteiger partial charge on any atom is 0.160 e. The lowest BCUT2D eigenvalue weighted by Gasteiger charge is -2.13. The Morgan fingerprint density at radius 3 is 2.76 bits per heavy atom. The molecule has 1 atom stereocenters. The van der Waals surface area contributed by atoms with E-state index in [2.05, 4.69) is 0 Å². The van der Waals surface area contributed by atoms with Gasteiger partial charge in [-0.25, -0.2) is 0 Å². The molecule has 0 saturated heterocycles. The van der Waals surface area contributed by atoms with Crippen molar-refractivity contribution in [2.24, 2.45) is 0 Å². The van der Waals surface area contributed by atoms with Gasteiger partial charge in [-0.05, 0) is 61.5 Å². The molecule has 4 heteroatoms. The Bertz CT molecular complexity index is 1070. The molecule has 2 aromatic rings. The van der Waals surface area contributed by atoms with Gasteiger partial charge in [0.2, 0.25) is 0 Å². The summed E-state index contributed by atoms with van der Waals surface area (Å²) in [4.78, 5) is 0. The predicted molar refractivity (Wildman–Crippen MR) is 99.8 cm³/mol. The number of aryl methyl sites for hydroxylation is 2. The van der Waals surface area contributed by atoms with Gasteiger partial charge >= 0.3 is 0 Å². The molecular formula is C21H28O4. The van der Waals surface area contributed by atoms with Gasteiger partial charge in [-0.3, -0.25) is 0 Å². The van der Waals surface area contributed by atoms with E-state index < -0.39 is 63.8 Å². The van der Waals surface area contributed by atoms with Gasteiger partial charge in [-0.2, -0.15) is 0 Å². The van der Waals surface area contributed by atoms with Crippen LogP contribution in [0.2, 0.25) is 0 Å². The van der Waals surface area contributed by atoms with Crippen molar-refractivity contribution in [2.45, 2.75) is 38.6 Å². The number of ether oxygens (including phenoxy) is 3. The smallest absolute Gasteiger partial charge is 0.160 e. The minimum absolute atomic E-state index is 0.156. The molecule has 1 unspecified atom stereocenters. The molecule has 2 rings (SSSR count). The SMILES string of the molecule is [2H]C([2H])([2H])Oc1ccc(C([2H])([2H])C([2H])([2H])CCC(O)C([2H])([2H])Oc2cccc(C)c2)cc1OC([2H])([2H])[2H]. The first-order chi connectivity index (χ1) is 16.6.